The molecule has 27 heavy (non-hydrogen) atoms. The molecule has 0 aliphatic heterocycles. The van der Waals surface area contributed by atoms with Crippen LogP contribution in [0.4, 0.5) is 5.69 Å². The van der Waals surface area contributed by atoms with Crippen molar-refractivity contribution in [2.75, 3.05) is 0 Å². The quantitative estimate of drug-likeness (QED) is 0.224. The Hall–Kier alpha value is -3.35. The Labute approximate surface area is 156 Å². The highest BCUT2D eigenvalue weighted by atomic mass is 16.7. The normalized spacial score (nSPS) is 11.1. The molecule has 0 aliphatic rings. The second kappa shape index (κ2) is 9.38. The number of para-hydroxylation sites is 1. The van der Waals surface area contributed by atoms with Crippen molar-refractivity contribution in [3.63, 3.8) is 0 Å². The van der Waals surface area contributed by atoms with E-state index in [2.05, 4.69) is 5.16 Å². The standard InChI is InChI=1S/C20H20N2O5/c1-3-4-9-19(23)27-21-14(2)20(24)16-12-10-15(11-13-16)17-7-5-6-8-18(17)22(25)26/h5-8,10-13H,3-4,9H2,1-2H3/b21-14-. The molecule has 2 aromatic rings. The van der Waals surface area contributed by atoms with Crippen molar-refractivity contribution >= 4 is 23.2 Å². The average Bonchev–Trinajstić information content (AvgIpc) is 2.69. The van der Waals surface area contributed by atoms with Gasteiger partial charge in [-0.15, -0.1) is 0 Å². The molecule has 0 aromatic heterocycles. The monoisotopic (exact) mass is 368 g/mol. The van der Waals surface area contributed by atoms with Crippen LogP contribution in [-0.4, -0.2) is 22.4 Å². The van der Waals surface area contributed by atoms with E-state index < -0.39 is 10.9 Å². The van der Waals surface area contributed by atoms with Crippen LogP contribution in [0.15, 0.2) is 53.7 Å². The van der Waals surface area contributed by atoms with Gasteiger partial charge in [0.2, 0.25) is 5.78 Å². The lowest BCUT2D eigenvalue weighted by Gasteiger charge is -2.05. The molecule has 0 fully saturated rings. The van der Waals surface area contributed by atoms with E-state index in [0.29, 0.717) is 23.1 Å². The summed E-state index contributed by atoms with van der Waals surface area (Å²) in [6.45, 7) is 3.42. The Morgan fingerprint density at radius 3 is 2.41 bits per heavy atom. The molecule has 0 radical (unpaired) electrons. The number of carbonyl (C=O) groups excluding carboxylic acids is 2. The van der Waals surface area contributed by atoms with E-state index in [1.807, 2.05) is 6.92 Å². The summed E-state index contributed by atoms with van der Waals surface area (Å²) in [5.41, 5.74) is 1.49. The van der Waals surface area contributed by atoms with E-state index in [9.17, 15) is 19.7 Å². The maximum absolute atomic E-state index is 12.4. The van der Waals surface area contributed by atoms with Gasteiger partial charge < -0.3 is 4.84 Å². The molecule has 0 spiro atoms. The number of rotatable bonds is 8. The number of Topliss-reactive ketones (excluding diaryl/α,β-unsaturated/α-hetero) is 1. The minimum Gasteiger partial charge on any atom is -0.318 e. The number of nitro groups is 1. The SMILES string of the molecule is CCCCC(=O)O/N=C(/C)C(=O)c1ccc(-c2ccccc2[N+](=O)[O-])cc1. The van der Waals surface area contributed by atoms with Crippen LogP contribution >= 0.6 is 0 Å². The van der Waals surface area contributed by atoms with E-state index in [1.165, 1.54) is 13.0 Å². The van der Waals surface area contributed by atoms with Crippen molar-refractivity contribution in [1.82, 2.24) is 0 Å². The van der Waals surface area contributed by atoms with Crippen molar-refractivity contribution in [3.05, 3.63) is 64.2 Å². The van der Waals surface area contributed by atoms with Crippen LogP contribution in [0.5, 0.6) is 0 Å². The Morgan fingerprint density at radius 1 is 1.11 bits per heavy atom. The second-order valence-electron chi connectivity index (χ2n) is 5.92. The summed E-state index contributed by atoms with van der Waals surface area (Å²) in [5.74, 6) is -0.858. The first-order chi connectivity index (χ1) is 12.9. The minimum absolute atomic E-state index is 0.00619. The van der Waals surface area contributed by atoms with Gasteiger partial charge in [0.15, 0.2) is 0 Å². The molecule has 2 aromatic carbocycles. The van der Waals surface area contributed by atoms with E-state index in [1.54, 1.807) is 42.5 Å². The Morgan fingerprint density at radius 2 is 1.78 bits per heavy atom. The lowest BCUT2D eigenvalue weighted by molar-refractivity contribution is -0.384. The van der Waals surface area contributed by atoms with Crippen LogP contribution < -0.4 is 0 Å². The van der Waals surface area contributed by atoms with Crippen LogP contribution in [0.3, 0.4) is 0 Å². The van der Waals surface area contributed by atoms with Gasteiger partial charge in [0.05, 0.1) is 10.5 Å². The molecule has 0 unspecified atom stereocenters. The second-order valence-corrected chi connectivity index (χ2v) is 5.92. The molecule has 0 N–H and O–H groups in total. The fourth-order valence-corrected chi connectivity index (χ4v) is 2.41. The van der Waals surface area contributed by atoms with Gasteiger partial charge >= 0.3 is 5.97 Å². The fourth-order valence-electron chi connectivity index (χ4n) is 2.41. The van der Waals surface area contributed by atoms with Gasteiger partial charge in [-0.3, -0.25) is 14.9 Å². The lowest BCUT2D eigenvalue weighted by Crippen LogP contribution is -2.12. The Bertz CT molecular complexity index is 872. The zero-order valence-corrected chi connectivity index (χ0v) is 15.2. The summed E-state index contributed by atoms with van der Waals surface area (Å²) in [6, 6.07) is 12.8. The lowest BCUT2D eigenvalue weighted by atomic mass is 10.00. The van der Waals surface area contributed by atoms with Crippen LogP contribution in [0.2, 0.25) is 0 Å². The summed E-state index contributed by atoms with van der Waals surface area (Å²) in [5, 5.41) is 14.7. The summed E-state index contributed by atoms with van der Waals surface area (Å²) >= 11 is 0. The number of oxime groups is 1. The van der Waals surface area contributed by atoms with Crippen molar-refractivity contribution in [2.45, 2.75) is 33.1 Å². The number of carbonyl (C=O) groups is 2. The molecule has 0 atom stereocenters. The number of hydrogen-bond donors (Lipinski definition) is 0. The first kappa shape index (κ1) is 20.0. The van der Waals surface area contributed by atoms with Gasteiger partial charge in [0.25, 0.3) is 5.69 Å². The van der Waals surface area contributed by atoms with Gasteiger partial charge in [-0.05, 0) is 25.0 Å². The maximum Gasteiger partial charge on any atom is 0.335 e. The van der Waals surface area contributed by atoms with E-state index in [-0.39, 0.29) is 23.6 Å². The van der Waals surface area contributed by atoms with Gasteiger partial charge in [-0.25, -0.2) is 4.79 Å². The zero-order valence-electron chi connectivity index (χ0n) is 15.2. The van der Waals surface area contributed by atoms with Crippen molar-refractivity contribution in [2.24, 2.45) is 5.16 Å². The Balaban J connectivity index is 2.14. The molecule has 140 valence electrons. The number of nitrogens with zero attached hydrogens (tertiary/aromatic N) is 2. The van der Waals surface area contributed by atoms with Crippen LogP contribution in [0.1, 0.15) is 43.5 Å². The predicted molar refractivity (Wildman–Crippen MR) is 102 cm³/mol. The van der Waals surface area contributed by atoms with Crippen LogP contribution in [0, 0.1) is 10.1 Å². The van der Waals surface area contributed by atoms with E-state index >= 15 is 0 Å². The molecule has 7 heteroatoms. The summed E-state index contributed by atoms with van der Waals surface area (Å²) in [4.78, 5) is 39.3. The number of nitro benzene ring substituents is 1. The zero-order chi connectivity index (χ0) is 19.8. The topological polar surface area (TPSA) is 98.9 Å². The largest absolute Gasteiger partial charge is 0.335 e. The van der Waals surface area contributed by atoms with Crippen molar-refractivity contribution in [1.29, 1.82) is 0 Å². The number of hydrogen-bond acceptors (Lipinski definition) is 6. The van der Waals surface area contributed by atoms with Gasteiger partial charge in [0, 0.05) is 18.1 Å². The fraction of sp³-hybridized carbons (Fsp3) is 0.250. The summed E-state index contributed by atoms with van der Waals surface area (Å²) < 4.78 is 0. The minimum atomic E-state index is -0.476. The third-order valence-electron chi connectivity index (χ3n) is 3.91. The van der Waals surface area contributed by atoms with Gasteiger partial charge in [-0.1, -0.05) is 54.9 Å². The number of ketones is 1. The molecule has 0 saturated carbocycles. The molecule has 0 aliphatic carbocycles. The number of unbranched alkanes of at least 4 members (excludes halogenated alkanes) is 1. The predicted octanol–water partition coefficient (Wildman–Crippen LogP) is 4.55. The maximum atomic E-state index is 12.4. The van der Waals surface area contributed by atoms with E-state index in [0.717, 1.165) is 6.42 Å². The van der Waals surface area contributed by atoms with Crippen LogP contribution in [0.25, 0.3) is 11.1 Å². The molecule has 0 saturated heterocycles. The highest BCUT2D eigenvalue weighted by Crippen LogP contribution is 2.29. The third kappa shape index (κ3) is 5.31. The van der Waals surface area contributed by atoms with Crippen molar-refractivity contribution < 1.29 is 19.3 Å². The van der Waals surface area contributed by atoms with Gasteiger partial charge in [-0.2, -0.15) is 0 Å². The molecule has 0 amide bonds. The molecule has 0 heterocycles. The smallest absolute Gasteiger partial charge is 0.318 e. The molecule has 7 nitrogen and oxygen atoms in total. The molecular formula is C20H20N2O5. The summed E-state index contributed by atoms with van der Waals surface area (Å²) in [7, 11) is 0. The highest BCUT2D eigenvalue weighted by molar-refractivity contribution is 6.45. The van der Waals surface area contributed by atoms with Gasteiger partial charge in [0.1, 0.15) is 5.71 Å². The molecule has 2 rings (SSSR count). The van der Waals surface area contributed by atoms with Crippen molar-refractivity contribution in [3.8, 4) is 11.1 Å². The first-order valence-electron chi connectivity index (χ1n) is 8.57. The third-order valence-corrected chi connectivity index (χ3v) is 3.91. The van der Waals surface area contributed by atoms with E-state index in [4.69, 9.17) is 4.84 Å². The first-order valence-corrected chi connectivity index (χ1v) is 8.57. The molecule has 0 bridgehead atoms. The highest BCUT2D eigenvalue weighted by Gasteiger charge is 2.16. The number of benzene rings is 2. The summed E-state index contributed by atoms with van der Waals surface area (Å²) in [6.07, 6.45) is 1.82. The molecular weight excluding hydrogens is 348 g/mol. The van der Waals surface area contributed by atoms with Crippen LogP contribution in [-0.2, 0) is 9.63 Å². The average molecular weight is 368 g/mol. The Kier molecular flexibility index (Phi) is 6.93.